The summed E-state index contributed by atoms with van der Waals surface area (Å²) in [7, 11) is 0. The molecule has 0 bridgehead atoms. The van der Waals surface area contributed by atoms with Crippen molar-refractivity contribution in [1.82, 2.24) is 10.3 Å². The number of carboxylic acid groups (broad SMARTS) is 1. The maximum absolute atomic E-state index is 11.6. The molecule has 6 nitrogen and oxygen atoms in total. The monoisotopic (exact) mass is 252 g/mol. The highest BCUT2D eigenvalue weighted by molar-refractivity contribution is 5.99. The standard InChI is InChI=1S/C12H16N2O4/c1-8(15)9-6-10(14-7-9)12(18)13-5-3-2-4-11(16)17/h6-7,14H,2-5H2,1H3,(H,13,18)(H,16,17). The van der Waals surface area contributed by atoms with Gasteiger partial charge in [0.25, 0.3) is 5.91 Å². The van der Waals surface area contributed by atoms with Crippen LogP contribution in [0.2, 0.25) is 0 Å². The molecule has 6 heteroatoms. The zero-order chi connectivity index (χ0) is 13.5. The normalized spacial score (nSPS) is 10.1. The lowest BCUT2D eigenvalue weighted by atomic mass is 10.2. The number of carboxylic acids is 1. The molecule has 1 heterocycles. The number of hydrogen-bond donors (Lipinski definition) is 3. The lowest BCUT2D eigenvalue weighted by molar-refractivity contribution is -0.137. The van der Waals surface area contributed by atoms with Crippen LogP contribution in [0.15, 0.2) is 12.3 Å². The Labute approximate surface area is 104 Å². The van der Waals surface area contributed by atoms with E-state index in [4.69, 9.17) is 5.11 Å². The number of carbonyl (C=O) groups is 3. The van der Waals surface area contributed by atoms with Crippen LogP contribution in [0.4, 0.5) is 0 Å². The molecule has 18 heavy (non-hydrogen) atoms. The van der Waals surface area contributed by atoms with Gasteiger partial charge < -0.3 is 15.4 Å². The Hall–Kier alpha value is -2.11. The van der Waals surface area contributed by atoms with Crippen LogP contribution >= 0.6 is 0 Å². The third-order valence-electron chi connectivity index (χ3n) is 2.44. The SMILES string of the molecule is CC(=O)c1c[nH]c(C(=O)NCCCCC(=O)O)c1. The minimum absolute atomic E-state index is 0.104. The molecule has 0 aliphatic heterocycles. The fourth-order valence-electron chi connectivity index (χ4n) is 1.43. The Balaban J connectivity index is 2.32. The highest BCUT2D eigenvalue weighted by atomic mass is 16.4. The van der Waals surface area contributed by atoms with Crippen molar-refractivity contribution in [2.45, 2.75) is 26.2 Å². The first kappa shape index (κ1) is 14.0. The number of carbonyl (C=O) groups excluding carboxylic acids is 2. The number of aromatic amines is 1. The fourth-order valence-corrected chi connectivity index (χ4v) is 1.43. The number of aliphatic carboxylic acids is 1. The highest BCUT2D eigenvalue weighted by Gasteiger charge is 2.09. The predicted octanol–water partition coefficient (Wildman–Crippen LogP) is 1.20. The molecule has 0 radical (unpaired) electrons. The molecule has 0 fully saturated rings. The number of aromatic nitrogens is 1. The van der Waals surface area contributed by atoms with E-state index < -0.39 is 5.97 Å². The Morgan fingerprint density at radius 2 is 2.06 bits per heavy atom. The third kappa shape index (κ3) is 4.40. The number of unbranched alkanes of at least 4 members (excludes halogenated alkanes) is 1. The Morgan fingerprint density at radius 3 is 2.61 bits per heavy atom. The summed E-state index contributed by atoms with van der Waals surface area (Å²) in [5.74, 6) is -1.23. The topological polar surface area (TPSA) is 99.3 Å². The lowest BCUT2D eigenvalue weighted by Gasteiger charge is -2.02. The molecule has 0 aliphatic carbocycles. The highest BCUT2D eigenvalue weighted by Crippen LogP contribution is 2.04. The molecule has 3 N–H and O–H groups in total. The zero-order valence-electron chi connectivity index (χ0n) is 10.2. The van der Waals surface area contributed by atoms with Crippen LogP contribution in [0, 0.1) is 0 Å². The lowest BCUT2D eigenvalue weighted by Crippen LogP contribution is -2.24. The van der Waals surface area contributed by atoms with E-state index in [-0.39, 0.29) is 18.1 Å². The van der Waals surface area contributed by atoms with E-state index in [1.807, 2.05) is 0 Å². The first-order chi connectivity index (χ1) is 8.50. The number of nitrogens with one attached hydrogen (secondary N) is 2. The molecule has 1 aromatic rings. The van der Waals surface area contributed by atoms with Gasteiger partial charge in [-0.05, 0) is 25.8 Å². The van der Waals surface area contributed by atoms with Crippen LogP contribution in [0.25, 0.3) is 0 Å². The van der Waals surface area contributed by atoms with E-state index in [2.05, 4.69) is 10.3 Å². The molecule has 98 valence electrons. The van der Waals surface area contributed by atoms with E-state index >= 15 is 0 Å². The van der Waals surface area contributed by atoms with Gasteiger partial charge in [-0.3, -0.25) is 14.4 Å². The van der Waals surface area contributed by atoms with Gasteiger partial charge in [0.15, 0.2) is 5.78 Å². The van der Waals surface area contributed by atoms with Crippen LogP contribution in [-0.4, -0.2) is 34.3 Å². The summed E-state index contributed by atoms with van der Waals surface area (Å²) in [6.45, 7) is 1.84. The molecule has 1 aromatic heterocycles. The summed E-state index contributed by atoms with van der Waals surface area (Å²) in [6, 6.07) is 1.49. The van der Waals surface area contributed by atoms with Crippen molar-refractivity contribution in [2.75, 3.05) is 6.54 Å². The Morgan fingerprint density at radius 1 is 1.33 bits per heavy atom. The van der Waals surface area contributed by atoms with E-state index in [0.29, 0.717) is 30.6 Å². The van der Waals surface area contributed by atoms with Crippen LogP contribution < -0.4 is 5.32 Å². The predicted molar refractivity (Wildman–Crippen MR) is 64.6 cm³/mol. The maximum Gasteiger partial charge on any atom is 0.303 e. The second kappa shape index (κ2) is 6.58. The summed E-state index contributed by atoms with van der Waals surface area (Å²) in [4.78, 5) is 35.6. The average molecular weight is 252 g/mol. The Kier molecular flexibility index (Phi) is 5.10. The van der Waals surface area contributed by atoms with Gasteiger partial charge in [0.2, 0.25) is 0 Å². The molecular weight excluding hydrogens is 236 g/mol. The molecule has 0 unspecified atom stereocenters. The minimum atomic E-state index is -0.836. The second-order valence-electron chi connectivity index (χ2n) is 3.96. The number of H-pyrrole nitrogens is 1. The number of ketones is 1. The maximum atomic E-state index is 11.6. The molecule has 0 atom stereocenters. The summed E-state index contributed by atoms with van der Waals surface area (Å²) in [6.07, 6.45) is 2.73. The van der Waals surface area contributed by atoms with E-state index in [9.17, 15) is 14.4 Å². The summed E-state index contributed by atoms with van der Waals surface area (Å²) in [5, 5.41) is 11.1. The molecule has 0 spiro atoms. The molecule has 0 saturated carbocycles. The largest absolute Gasteiger partial charge is 0.481 e. The minimum Gasteiger partial charge on any atom is -0.481 e. The molecule has 1 rings (SSSR count). The van der Waals surface area contributed by atoms with Gasteiger partial charge in [0.1, 0.15) is 5.69 Å². The van der Waals surface area contributed by atoms with E-state index in [0.717, 1.165) is 0 Å². The first-order valence-electron chi connectivity index (χ1n) is 5.70. The van der Waals surface area contributed by atoms with Gasteiger partial charge in [-0.25, -0.2) is 0 Å². The van der Waals surface area contributed by atoms with Crippen LogP contribution in [0.1, 0.15) is 47.0 Å². The van der Waals surface area contributed by atoms with Crippen molar-refractivity contribution in [2.24, 2.45) is 0 Å². The van der Waals surface area contributed by atoms with E-state index in [1.54, 1.807) is 0 Å². The number of rotatable bonds is 7. The van der Waals surface area contributed by atoms with Gasteiger partial charge in [0.05, 0.1) is 0 Å². The second-order valence-corrected chi connectivity index (χ2v) is 3.96. The number of amides is 1. The molecule has 0 saturated heterocycles. The van der Waals surface area contributed by atoms with Gasteiger partial charge >= 0.3 is 5.97 Å². The summed E-state index contributed by atoms with van der Waals surface area (Å²) >= 11 is 0. The van der Waals surface area contributed by atoms with Gasteiger partial charge in [-0.2, -0.15) is 0 Å². The van der Waals surface area contributed by atoms with Gasteiger partial charge in [-0.1, -0.05) is 0 Å². The average Bonchev–Trinajstić information content (AvgIpc) is 2.77. The van der Waals surface area contributed by atoms with Crippen molar-refractivity contribution >= 4 is 17.7 Å². The third-order valence-corrected chi connectivity index (χ3v) is 2.44. The Bertz CT molecular complexity index is 451. The molecule has 0 aliphatic rings. The molecular formula is C12H16N2O4. The fraction of sp³-hybridized carbons (Fsp3) is 0.417. The van der Waals surface area contributed by atoms with Crippen molar-refractivity contribution in [1.29, 1.82) is 0 Å². The molecule has 1 amide bonds. The van der Waals surface area contributed by atoms with Crippen molar-refractivity contribution < 1.29 is 19.5 Å². The van der Waals surface area contributed by atoms with Crippen molar-refractivity contribution in [3.8, 4) is 0 Å². The van der Waals surface area contributed by atoms with Crippen molar-refractivity contribution in [3.05, 3.63) is 23.5 Å². The van der Waals surface area contributed by atoms with Crippen LogP contribution in [-0.2, 0) is 4.79 Å². The van der Waals surface area contributed by atoms with Crippen LogP contribution in [0.3, 0.4) is 0 Å². The first-order valence-corrected chi connectivity index (χ1v) is 5.70. The van der Waals surface area contributed by atoms with Crippen LogP contribution in [0.5, 0.6) is 0 Å². The van der Waals surface area contributed by atoms with Gasteiger partial charge in [0, 0.05) is 24.7 Å². The van der Waals surface area contributed by atoms with E-state index in [1.165, 1.54) is 19.2 Å². The quantitative estimate of drug-likeness (QED) is 0.501. The number of hydrogen-bond acceptors (Lipinski definition) is 3. The smallest absolute Gasteiger partial charge is 0.303 e. The van der Waals surface area contributed by atoms with Gasteiger partial charge in [-0.15, -0.1) is 0 Å². The summed E-state index contributed by atoms with van der Waals surface area (Å²) < 4.78 is 0. The number of Topliss-reactive ketones (excluding diaryl/α,β-unsaturated/α-hetero) is 1. The molecule has 0 aromatic carbocycles. The zero-order valence-corrected chi connectivity index (χ0v) is 10.2. The summed E-state index contributed by atoms with van der Waals surface area (Å²) in [5.41, 5.74) is 0.796. The van der Waals surface area contributed by atoms with Crippen molar-refractivity contribution in [3.63, 3.8) is 0 Å².